The predicted molar refractivity (Wildman–Crippen MR) is 116 cm³/mol. The van der Waals surface area contributed by atoms with Gasteiger partial charge in [-0.25, -0.2) is 8.42 Å². The van der Waals surface area contributed by atoms with Gasteiger partial charge in [0.15, 0.2) is 0 Å². The average molecular weight is 430 g/mol. The first-order valence-electron chi connectivity index (χ1n) is 10.1. The van der Waals surface area contributed by atoms with Gasteiger partial charge in [0.25, 0.3) is 11.8 Å². The maximum Gasteiger partial charge on any atom is 0.255 e. The van der Waals surface area contributed by atoms with Crippen molar-refractivity contribution in [3.05, 3.63) is 59.7 Å². The maximum absolute atomic E-state index is 12.8. The van der Waals surface area contributed by atoms with Gasteiger partial charge in [-0.15, -0.1) is 0 Å². The number of anilines is 1. The molecule has 0 spiro atoms. The molecule has 2 N–H and O–H groups in total. The summed E-state index contributed by atoms with van der Waals surface area (Å²) in [4.78, 5) is 25.4. The van der Waals surface area contributed by atoms with Crippen LogP contribution < -0.4 is 10.6 Å². The highest BCUT2D eigenvalue weighted by molar-refractivity contribution is 7.89. The molecular formula is C22H27N3O4S. The molecule has 0 aromatic heterocycles. The van der Waals surface area contributed by atoms with Crippen molar-refractivity contribution < 1.29 is 18.0 Å². The summed E-state index contributed by atoms with van der Waals surface area (Å²) in [6, 6.07) is 12.7. The Balaban J connectivity index is 1.80. The number of para-hydroxylation sites is 1. The minimum absolute atomic E-state index is 0.0972. The Morgan fingerprint density at radius 1 is 1.00 bits per heavy atom. The second-order valence-electron chi connectivity index (χ2n) is 7.74. The summed E-state index contributed by atoms with van der Waals surface area (Å²) in [5.74, 6) is -0.446. The molecule has 2 aromatic rings. The third-order valence-electron chi connectivity index (χ3n) is 4.89. The van der Waals surface area contributed by atoms with Gasteiger partial charge in [0, 0.05) is 25.2 Å². The zero-order valence-corrected chi connectivity index (χ0v) is 18.0. The van der Waals surface area contributed by atoms with Gasteiger partial charge in [-0.2, -0.15) is 4.31 Å². The minimum atomic E-state index is -3.62. The van der Waals surface area contributed by atoms with E-state index in [-0.39, 0.29) is 16.4 Å². The first-order valence-corrected chi connectivity index (χ1v) is 11.5. The van der Waals surface area contributed by atoms with E-state index in [9.17, 15) is 18.0 Å². The van der Waals surface area contributed by atoms with Gasteiger partial charge < -0.3 is 10.6 Å². The molecule has 0 radical (unpaired) electrons. The molecule has 1 fully saturated rings. The molecule has 1 aliphatic heterocycles. The average Bonchev–Trinajstić information content (AvgIpc) is 3.28. The molecular weight excluding hydrogens is 402 g/mol. The lowest BCUT2D eigenvalue weighted by molar-refractivity contribution is 0.0950. The SMILES string of the molecule is CC(C)CNC(=O)c1ccccc1NC(=O)c1cccc(S(=O)(=O)N2CCCC2)c1. The van der Waals surface area contributed by atoms with Crippen molar-refractivity contribution in [2.24, 2.45) is 5.92 Å². The molecule has 8 heteroatoms. The van der Waals surface area contributed by atoms with Crippen LogP contribution in [-0.2, 0) is 10.0 Å². The highest BCUT2D eigenvalue weighted by Gasteiger charge is 2.27. The predicted octanol–water partition coefficient (Wildman–Crippen LogP) is 3.11. The number of sulfonamides is 1. The van der Waals surface area contributed by atoms with Crippen LogP contribution in [0.4, 0.5) is 5.69 Å². The zero-order valence-electron chi connectivity index (χ0n) is 17.2. The number of hydrogen-bond acceptors (Lipinski definition) is 4. The van der Waals surface area contributed by atoms with Gasteiger partial charge in [0.05, 0.1) is 16.1 Å². The van der Waals surface area contributed by atoms with Crippen molar-refractivity contribution >= 4 is 27.5 Å². The van der Waals surface area contributed by atoms with E-state index in [2.05, 4.69) is 10.6 Å². The van der Waals surface area contributed by atoms with Crippen LogP contribution in [0.15, 0.2) is 53.4 Å². The van der Waals surface area contributed by atoms with Crippen LogP contribution in [0.3, 0.4) is 0 Å². The number of carbonyl (C=O) groups is 2. The minimum Gasteiger partial charge on any atom is -0.352 e. The van der Waals surface area contributed by atoms with Gasteiger partial charge in [0.1, 0.15) is 0 Å². The van der Waals surface area contributed by atoms with E-state index in [4.69, 9.17) is 0 Å². The summed E-state index contributed by atoms with van der Waals surface area (Å²) < 4.78 is 27.0. The Kier molecular flexibility index (Phi) is 6.89. The highest BCUT2D eigenvalue weighted by atomic mass is 32.2. The Hall–Kier alpha value is -2.71. The summed E-state index contributed by atoms with van der Waals surface area (Å²) in [6.45, 7) is 5.51. The third-order valence-corrected chi connectivity index (χ3v) is 6.78. The van der Waals surface area contributed by atoms with E-state index in [0.717, 1.165) is 12.8 Å². The lowest BCUT2D eigenvalue weighted by Gasteiger charge is -2.16. The summed E-state index contributed by atoms with van der Waals surface area (Å²) in [6.07, 6.45) is 1.68. The first-order chi connectivity index (χ1) is 14.3. The van der Waals surface area contributed by atoms with Crippen LogP contribution in [0.1, 0.15) is 47.4 Å². The number of nitrogens with one attached hydrogen (secondary N) is 2. The molecule has 7 nitrogen and oxygen atoms in total. The van der Waals surface area contributed by atoms with Crippen molar-refractivity contribution in [1.29, 1.82) is 0 Å². The zero-order chi connectivity index (χ0) is 21.7. The number of carbonyl (C=O) groups excluding carboxylic acids is 2. The summed E-state index contributed by atoms with van der Waals surface area (Å²) >= 11 is 0. The molecule has 0 unspecified atom stereocenters. The van der Waals surface area contributed by atoms with Crippen LogP contribution >= 0.6 is 0 Å². The molecule has 1 heterocycles. The van der Waals surface area contributed by atoms with Crippen molar-refractivity contribution in [3.8, 4) is 0 Å². The summed E-state index contributed by atoms with van der Waals surface area (Å²) in [5.41, 5.74) is 0.941. The van der Waals surface area contributed by atoms with Crippen molar-refractivity contribution in [3.63, 3.8) is 0 Å². The Labute approximate surface area is 177 Å². The Morgan fingerprint density at radius 3 is 2.40 bits per heavy atom. The van der Waals surface area contributed by atoms with Gasteiger partial charge in [0.2, 0.25) is 10.0 Å². The number of amides is 2. The molecule has 160 valence electrons. The number of rotatable bonds is 7. The van der Waals surface area contributed by atoms with Gasteiger partial charge in [-0.1, -0.05) is 32.0 Å². The van der Waals surface area contributed by atoms with E-state index in [1.807, 2.05) is 13.8 Å². The topological polar surface area (TPSA) is 95.6 Å². The second-order valence-corrected chi connectivity index (χ2v) is 9.68. The monoisotopic (exact) mass is 429 g/mol. The smallest absolute Gasteiger partial charge is 0.255 e. The number of hydrogen-bond donors (Lipinski definition) is 2. The van der Waals surface area contributed by atoms with Crippen LogP contribution in [0.5, 0.6) is 0 Å². The largest absolute Gasteiger partial charge is 0.352 e. The fourth-order valence-electron chi connectivity index (χ4n) is 3.25. The van der Waals surface area contributed by atoms with Gasteiger partial charge >= 0.3 is 0 Å². The molecule has 0 aliphatic carbocycles. The fraction of sp³-hybridized carbons (Fsp3) is 0.364. The quantitative estimate of drug-likeness (QED) is 0.707. The molecule has 0 atom stereocenters. The third kappa shape index (κ3) is 5.06. The lowest BCUT2D eigenvalue weighted by Crippen LogP contribution is -2.29. The van der Waals surface area contributed by atoms with E-state index < -0.39 is 15.9 Å². The molecule has 3 rings (SSSR count). The normalized spacial score (nSPS) is 14.6. The molecule has 2 aromatic carbocycles. The first kappa shape index (κ1) is 22.0. The van der Waals surface area contributed by atoms with E-state index in [0.29, 0.717) is 36.8 Å². The number of benzene rings is 2. The Bertz CT molecular complexity index is 1030. The second kappa shape index (κ2) is 9.40. The van der Waals surface area contributed by atoms with Gasteiger partial charge in [-0.3, -0.25) is 9.59 Å². The molecule has 2 amide bonds. The van der Waals surface area contributed by atoms with Crippen molar-refractivity contribution in [2.75, 3.05) is 25.0 Å². The standard InChI is InChI=1S/C22H27N3O4S/c1-16(2)15-23-22(27)19-10-3-4-11-20(19)24-21(26)17-8-7-9-18(14-17)30(28,29)25-12-5-6-13-25/h3-4,7-11,14,16H,5-6,12-13,15H2,1-2H3,(H,23,27)(H,24,26). The van der Waals surface area contributed by atoms with Crippen LogP contribution in [0, 0.1) is 5.92 Å². The fourth-order valence-corrected chi connectivity index (χ4v) is 4.82. The van der Waals surface area contributed by atoms with Crippen LogP contribution in [0.25, 0.3) is 0 Å². The van der Waals surface area contributed by atoms with Gasteiger partial charge in [-0.05, 0) is 49.1 Å². The van der Waals surface area contributed by atoms with Crippen LogP contribution in [-0.4, -0.2) is 44.2 Å². The Morgan fingerprint density at radius 2 is 1.70 bits per heavy atom. The maximum atomic E-state index is 12.8. The van der Waals surface area contributed by atoms with Crippen molar-refractivity contribution in [2.45, 2.75) is 31.6 Å². The van der Waals surface area contributed by atoms with E-state index in [1.165, 1.54) is 16.4 Å². The van der Waals surface area contributed by atoms with Crippen LogP contribution in [0.2, 0.25) is 0 Å². The van der Waals surface area contributed by atoms with E-state index >= 15 is 0 Å². The summed E-state index contributed by atoms with van der Waals surface area (Å²) in [5, 5.41) is 5.57. The van der Waals surface area contributed by atoms with Crippen molar-refractivity contribution in [1.82, 2.24) is 9.62 Å². The molecule has 0 saturated carbocycles. The number of nitrogens with zero attached hydrogens (tertiary/aromatic N) is 1. The van der Waals surface area contributed by atoms with E-state index in [1.54, 1.807) is 36.4 Å². The lowest BCUT2D eigenvalue weighted by atomic mass is 10.1. The summed E-state index contributed by atoms with van der Waals surface area (Å²) in [7, 11) is -3.62. The molecule has 1 aliphatic rings. The molecule has 1 saturated heterocycles. The highest BCUT2D eigenvalue weighted by Crippen LogP contribution is 2.22. The molecule has 0 bridgehead atoms. The molecule has 30 heavy (non-hydrogen) atoms.